The summed E-state index contributed by atoms with van der Waals surface area (Å²) in [5.41, 5.74) is 0. The predicted molar refractivity (Wildman–Crippen MR) is 102 cm³/mol. The van der Waals surface area contributed by atoms with Crippen molar-refractivity contribution in [1.82, 2.24) is 9.62 Å². The number of piperazine rings is 1. The van der Waals surface area contributed by atoms with Crippen LogP contribution in [0.1, 0.15) is 25.7 Å². The Bertz CT molecular complexity index is 613. The zero-order valence-electron chi connectivity index (χ0n) is 13.6. The van der Waals surface area contributed by atoms with Crippen LogP contribution in [0, 0.1) is 5.92 Å². The van der Waals surface area contributed by atoms with Gasteiger partial charge in [-0.3, -0.25) is 0 Å². The van der Waals surface area contributed by atoms with Crippen molar-refractivity contribution in [1.29, 1.82) is 0 Å². The van der Waals surface area contributed by atoms with Gasteiger partial charge in [0, 0.05) is 50.2 Å². The Kier molecular flexibility index (Phi) is 7.39. The van der Waals surface area contributed by atoms with E-state index in [2.05, 4.69) is 5.32 Å². The second-order valence-corrected chi connectivity index (χ2v) is 8.79. The van der Waals surface area contributed by atoms with Crippen LogP contribution in [0.2, 0.25) is 0 Å². The summed E-state index contributed by atoms with van der Waals surface area (Å²) in [6.45, 7) is 3.39. The maximum atomic E-state index is 12.9. The summed E-state index contributed by atoms with van der Waals surface area (Å²) in [6, 6.07) is 0.218. The third-order valence-electron chi connectivity index (χ3n) is 4.76. The SMILES string of the molecule is Cl.O=S(=O)(C1=CC=CCC1=S)N1CCNC(CC2CCOCC2)C1. The quantitative estimate of drug-likeness (QED) is 0.742. The smallest absolute Gasteiger partial charge is 0.244 e. The standard InChI is InChI=1S/C16H24N2O3S2.ClH/c19-23(20,16-4-2-1-3-15(16)22)18-8-7-17-14(12-18)11-13-5-9-21-10-6-13;/h1-2,4,13-14,17H,3,5-12H2;1H. The van der Waals surface area contributed by atoms with Gasteiger partial charge in [-0.2, -0.15) is 4.31 Å². The minimum absolute atomic E-state index is 0. The van der Waals surface area contributed by atoms with Crippen molar-refractivity contribution in [3.63, 3.8) is 0 Å². The third-order valence-corrected chi connectivity index (χ3v) is 7.22. The molecule has 2 aliphatic heterocycles. The van der Waals surface area contributed by atoms with Crippen molar-refractivity contribution in [3.05, 3.63) is 23.1 Å². The van der Waals surface area contributed by atoms with Crippen LogP contribution in [0.4, 0.5) is 0 Å². The average Bonchev–Trinajstić information content (AvgIpc) is 2.56. The molecule has 3 rings (SSSR count). The van der Waals surface area contributed by atoms with Crippen LogP contribution in [0.3, 0.4) is 0 Å². The second kappa shape index (κ2) is 8.87. The van der Waals surface area contributed by atoms with Gasteiger partial charge in [-0.15, -0.1) is 12.4 Å². The molecule has 0 bridgehead atoms. The average molecular weight is 393 g/mol. The fraction of sp³-hybridized carbons (Fsp3) is 0.688. The number of allylic oxidation sites excluding steroid dienone is 4. The first kappa shape index (κ1) is 20.0. The number of hydrogen-bond donors (Lipinski definition) is 1. The molecule has 1 aliphatic carbocycles. The molecule has 3 aliphatic rings. The number of nitrogens with one attached hydrogen (secondary N) is 1. The maximum absolute atomic E-state index is 12.9. The molecular weight excluding hydrogens is 368 g/mol. The molecule has 136 valence electrons. The topological polar surface area (TPSA) is 58.6 Å². The minimum atomic E-state index is -3.47. The molecule has 0 aromatic heterocycles. The summed E-state index contributed by atoms with van der Waals surface area (Å²) >= 11 is 5.25. The molecule has 1 unspecified atom stereocenters. The van der Waals surface area contributed by atoms with E-state index < -0.39 is 10.0 Å². The summed E-state index contributed by atoms with van der Waals surface area (Å²) in [5, 5.41) is 3.47. The normalized spacial score (nSPS) is 26.8. The molecule has 5 nitrogen and oxygen atoms in total. The molecule has 0 aromatic rings. The summed E-state index contributed by atoms with van der Waals surface area (Å²) in [7, 11) is -3.47. The van der Waals surface area contributed by atoms with Gasteiger partial charge in [0.2, 0.25) is 10.0 Å². The molecule has 0 radical (unpaired) electrons. The number of nitrogens with zero attached hydrogens (tertiary/aromatic N) is 1. The summed E-state index contributed by atoms with van der Waals surface area (Å²) in [5.74, 6) is 0.627. The first-order valence-electron chi connectivity index (χ1n) is 8.28. The van der Waals surface area contributed by atoms with Gasteiger partial charge in [-0.05, 0) is 31.3 Å². The highest BCUT2D eigenvalue weighted by molar-refractivity contribution is 7.96. The van der Waals surface area contributed by atoms with E-state index in [0.717, 1.165) is 32.5 Å². The van der Waals surface area contributed by atoms with Crippen LogP contribution in [0.15, 0.2) is 23.1 Å². The Balaban J connectivity index is 0.00000208. The van der Waals surface area contributed by atoms with Crippen LogP contribution in [0.25, 0.3) is 0 Å². The highest BCUT2D eigenvalue weighted by Crippen LogP contribution is 2.25. The van der Waals surface area contributed by atoms with Gasteiger partial charge in [0.15, 0.2) is 0 Å². The van der Waals surface area contributed by atoms with Crippen LogP contribution in [-0.4, -0.2) is 56.5 Å². The molecule has 1 atom stereocenters. The summed E-state index contributed by atoms with van der Waals surface area (Å²) in [6.07, 6.45) is 9.01. The summed E-state index contributed by atoms with van der Waals surface area (Å²) in [4.78, 5) is 0.828. The van der Waals surface area contributed by atoms with Gasteiger partial charge in [0.05, 0.1) is 4.91 Å². The van der Waals surface area contributed by atoms with E-state index in [1.54, 1.807) is 16.5 Å². The maximum Gasteiger partial charge on any atom is 0.244 e. The van der Waals surface area contributed by atoms with Crippen molar-refractivity contribution >= 4 is 39.5 Å². The Labute approximate surface area is 156 Å². The van der Waals surface area contributed by atoms with Gasteiger partial charge < -0.3 is 10.1 Å². The van der Waals surface area contributed by atoms with E-state index in [0.29, 0.717) is 41.7 Å². The number of ether oxygens (including phenoxy) is 1. The Morgan fingerprint density at radius 1 is 1.33 bits per heavy atom. The van der Waals surface area contributed by atoms with Gasteiger partial charge in [0.1, 0.15) is 0 Å². The van der Waals surface area contributed by atoms with E-state index >= 15 is 0 Å². The first-order valence-corrected chi connectivity index (χ1v) is 10.1. The zero-order chi connectivity index (χ0) is 16.3. The van der Waals surface area contributed by atoms with Crippen LogP contribution in [0.5, 0.6) is 0 Å². The zero-order valence-corrected chi connectivity index (χ0v) is 16.1. The first-order chi connectivity index (χ1) is 11.1. The minimum Gasteiger partial charge on any atom is -0.381 e. The molecule has 2 heterocycles. The Morgan fingerprint density at radius 3 is 2.79 bits per heavy atom. The molecule has 24 heavy (non-hydrogen) atoms. The van der Waals surface area contributed by atoms with Gasteiger partial charge in [0.25, 0.3) is 0 Å². The van der Waals surface area contributed by atoms with Gasteiger partial charge in [-0.1, -0.05) is 24.4 Å². The molecular formula is C16H25ClN2O3S2. The lowest BCUT2D eigenvalue weighted by atomic mass is 9.92. The lowest BCUT2D eigenvalue weighted by Gasteiger charge is -2.36. The van der Waals surface area contributed by atoms with Crippen LogP contribution < -0.4 is 5.32 Å². The van der Waals surface area contributed by atoms with Crippen LogP contribution in [-0.2, 0) is 14.8 Å². The molecule has 8 heteroatoms. The number of rotatable bonds is 4. The highest BCUT2D eigenvalue weighted by atomic mass is 35.5. The third kappa shape index (κ3) is 4.65. The van der Waals surface area contributed by atoms with E-state index in [1.807, 2.05) is 6.08 Å². The van der Waals surface area contributed by atoms with E-state index in [9.17, 15) is 8.42 Å². The van der Waals surface area contributed by atoms with E-state index in [4.69, 9.17) is 17.0 Å². The molecule has 2 fully saturated rings. The van der Waals surface area contributed by atoms with Crippen molar-refractivity contribution in [2.75, 3.05) is 32.8 Å². The molecule has 0 aromatic carbocycles. The molecule has 0 amide bonds. The van der Waals surface area contributed by atoms with Gasteiger partial charge in [-0.25, -0.2) is 8.42 Å². The second-order valence-electron chi connectivity index (χ2n) is 6.39. The summed E-state index contributed by atoms with van der Waals surface area (Å²) < 4.78 is 32.8. The lowest BCUT2D eigenvalue weighted by molar-refractivity contribution is 0.0586. The van der Waals surface area contributed by atoms with Crippen LogP contribution >= 0.6 is 24.6 Å². The fourth-order valence-electron chi connectivity index (χ4n) is 3.45. The number of sulfonamides is 1. The van der Waals surface area contributed by atoms with E-state index in [1.165, 1.54) is 0 Å². The predicted octanol–water partition coefficient (Wildman–Crippen LogP) is 2.04. The highest BCUT2D eigenvalue weighted by Gasteiger charge is 2.34. The molecule has 0 spiro atoms. The fourth-order valence-corrected chi connectivity index (χ4v) is 5.54. The van der Waals surface area contributed by atoms with Gasteiger partial charge >= 0.3 is 0 Å². The Morgan fingerprint density at radius 2 is 2.08 bits per heavy atom. The molecule has 2 saturated heterocycles. The van der Waals surface area contributed by atoms with Crippen molar-refractivity contribution in [2.24, 2.45) is 5.92 Å². The number of thiocarbonyl (C=S) groups is 1. The number of hydrogen-bond acceptors (Lipinski definition) is 5. The lowest BCUT2D eigenvalue weighted by Crippen LogP contribution is -2.53. The largest absolute Gasteiger partial charge is 0.381 e. The monoisotopic (exact) mass is 392 g/mol. The van der Waals surface area contributed by atoms with Crippen molar-refractivity contribution in [2.45, 2.75) is 31.7 Å². The number of halogens is 1. The van der Waals surface area contributed by atoms with Crippen molar-refractivity contribution < 1.29 is 13.2 Å². The van der Waals surface area contributed by atoms with Crippen molar-refractivity contribution in [3.8, 4) is 0 Å². The van der Waals surface area contributed by atoms with E-state index in [-0.39, 0.29) is 18.4 Å². The molecule has 1 N–H and O–H groups in total. The Hall–Kier alpha value is -0.310. The molecule has 0 saturated carbocycles.